The number of thioether (sulfide) groups is 1. The Bertz CT molecular complexity index is 620. The standard InChI is InChI=1S/C14H19N5OS/c1-5-11(21-14-16-17-18-19(14)4)13(20)15-12-9(2)7-6-8-10(12)3/h6-8,11H,5H2,1-4H3,(H,15,20)/t11-/m0/s1. The summed E-state index contributed by atoms with van der Waals surface area (Å²) in [6.45, 7) is 5.96. The number of aromatic nitrogens is 4. The Morgan fingerprint density at radius 1 is 1.38 bits per heavy atom. The van der Waals surface area contributed by atoms with E-state index in [-0.39, 0.29) is 11.2 Å². The van der Waals surface area contributed by atoms with Gasteiger partial charge in [-0.15, -0.1) is 5.10 Å². The zero-order chi connectivity index (χ0) is 15.4. The highest BCUT2D eigenvalue weighted by molar-refractivity contribution is 8.00. The molecule has 0 bridgehead atoms. The second kappa shape index (κ2) is 6.71. The molecule has 7 heteroatoms. The van der Waals surface area contributed by atoms with Crippen LogP contribution in [0.2, 0.25) is 0 Å². The molecule has 1 amide bonds. The molecule has 2 rings (SSSR count). The quantitative estimate of drug-likeness (QED) is 0.858. The number of benzene rings is 1. The molecule has 6 nitrogen and oxygen atoms in total. The summed E-state index contributed by atoms with van der Waals surface area (Å²) in [6.07, 6.45) is 0.703. The van der Waals surface area contributed by atoms with Crippen molar-refractivity contribution in [3.63, 3.8) is 0 Å². The van der Waals surface area contributed by atoms with Crippen LogP contribution in [0.5, 0.6) is 0 Å². The van der Waals surface area contributed by atoms with Crippen molar-refractivity contribution in [2.75, 3.05) is 5.32 Å². The van der Waals surface area contributed by atoms with E-state index in [4.69, 9.17) is 0 Å². The molecule has 21 heavy (non-hydrogen) atoms. The molecule has 1 heterocycles. The number of tetrazole rings is 1. The van der Waals surface area contributed by atoms with Crippen LogP contribution in [0.4, 0.5) is 5.69 Å². The number of amides is 1. The first-order chi connectivity index (χ1) is 10.0. The predicted octanol–water partition coefficient (Wildman–Crippen LogP) is 2.34. The molecule has 0 spiro atoms. The Morgan fingerprint density at radius 3 is 2.57 bits per heavy atom. The monoisotopic (exact) mass is 305 g/mol. The first-order valence-electron chi connectivity index (χ1n) is 6.79. The van der Waals surface area contributed by atoms with Crippen molar-refractivity contribution in [2.45, 2.75) is 37.6 Å². The molecule has 1 N–H and O–H groups in total. The maximum atomic E-state index is 12.5. The summed E-state index contributed by atoms with van der Waals surface area (Å²) in [6, 6.07) is 5.96. The van der Waals surface area contributed by atoms with Gasteiger partial charge in [0.25, 0.3) is 0 Å². The number of nitrogens with one attached hydrogen (secondary N) is 1. The van der Waals surface area contributed by atoms with Crippen molar-refractivity contribution in [3.8, 4) is 0 Å². The number of carbonyl (C=O) groups excluding carboxylic acids is 1. The molecule has 1 aromatic heterocycles. The molecule has 0 saturated heterocycles. The highest BCUT2D eigenvalue weighted by Gasteiger charge is 2.21. The third kappa shape index (κ3) is 3.60. The number of nitrogens with zero attached hydrogens (tertiary/aromatic N) is 4. The zero-order valence-corrected chi connectivity index (χ0v) is 13.4. The van der Waals surface area contributed by atoms with Gasteiger partial charge in [-0.1, -0.05) is 36.9 Å². The van der Waals surface area contributed by atoms with Crippen LogP contribution in [-0.4, -0.2) is 31.4 Å². The van der Waals surface area contributed by atoms with Gasteiger partial charge in [0.2, 0.25) is 11.1 Å². The average molecular weight is 305 g/mol. The van der Waals surface area contributed by atoms with Gasteiger partial charge in [0, 0.05) is 12.7 Å². The van der Waals surface area contributed by atoms with Crippen molar-refractivity contribution in [2.24, 2.45) is 7.05 Å². The van der Waals surface area contributed by atoms with Crippen molar-refractivity contribution in [3.05, 3.63) is 29.3 Å². The van der Waals surface area contributed by atoms with E-state index >= 15 is 0 Å². The summed E-state index contributed by atoms with van der Waals surface area (Å²) >= 11 is 1.38. The number of rotatable bonds is 5. The van der Waals surface area contributed by atoms with Crippen molar-refractivity contribution in [1.29, 1.82) is 0 Å². The molecule has 0 unspecified atom stereocenters. The molecule has 2 aromatic rings. The minimum absolute atomic E-state index is 0.0251. The summed E-state index contributed by atoms with van der Waals surface area (Å²) in [4.78, 5) is 12.5. The van der Waals surface area contributed by atoms with Gasteiger partial charge in [-0.3, -0.25) is 4.79 Å². The van der Waals surface area contributed by atoms with Crippen LogP contribution in [-0.2, 0) is 11.8 Å². The largest absolute Gasteiger partial charge is 0.325 e. The normalized spacial score (nSPS) is 12.2. The maximum absolute atomic E-state index is 12.5. The van der Waals surface area contributed by atoms with E-state index in [0.717, 1.165) is 16.8 Å². The van der Waals surface area contributed by atoms with Crippen molar-refractivity contribution < 1.29 is 4.79 Å². The zero-order valence-electron chi connectivity index (χ0n) is 12.6. The number of hydrogen-bond acceptors (Lipinski definition) is 5. The molecule has 0 fully saturated rings. The lowest BCUT2D eigenvalue weighted by molar-refractivity contribution is -0.115. The Hall–Kier alpha value is -1.89. The van der Waals surface area contributed by atoms with Gasteiger partial charge >= 0.3 is 0 Å². The number of para-hydroxylation sites is 1. The van der Waals surface area contributed by atoms with E-state index in [0.29, 0.717) is 11.6 Å². The summed E-state index contributed by atoms with van der Waals surface area (Å²) in [5.74, 6) is -0.0251. The highest BCUT2D eigenvalue weighted by atomic mass is 32.2. The number of aryl methyl sites for hydroxylation is 3. The Morgan fingerprint density at radius 2 is 2.05 bits per heavy atom. The summed E-state index contributed by atoms with van der Waals surface area (Å²) < 4.78 is 1.57. The Labute approximate surface area is 128 Å². The minimum atomic E-state index is -0.228. The SMILES string of the molecule is CC[C@H](Sc1nnnn1C)C(=O)Nc1c(C)cccc1C. The lowest BCUT2D eigenvalue weighted by Gasteiger charge is -2.16. The van der Waals surface area contributed by atoms with Gasteiger partial charge in [-0.25, -0.2) is 4.68 Å². The average Bonchev–Trinajstić information content (AvgIpc) is 2.85. The molecule has 0 aliphatic carbocycles. The first-order valence-corrected chi connectivity index (χ1v) is 7.67. The fraction of sp³-hybridized carbons (Fsp3) is 0.429. The summed E-state index contributed by atoms with van der Waals surface area (Å²) in [5, 5.41) is 14.7. The van der Waals surface area contributed by atoms with Crippen LogP contribution in [0.3, 0.4) is 0 Å². The lowest BCUT2D eigenvalue weighted by atomic mass is 10.1. The fourth-order valence-corrected chi connectivity index (χ4v) is 2.85. The van der Waals surface area contributed by atoms with Gasteiger partial charge in [-0.2, -0.15) is 0 Å². The van der Waals surface area contributed by atoms with Crippen LogP contribution in [0.15, 0.2) is 23.4 Å². The molecule has 0 aliphatic rings. The van der Waals surface area contributed by atoms with Gasteiger partial charge in [0.15, 0.2) is 0 Å². The van der Waals surface area contributed by atoms with Crippen LogP contribution < -0.4 is 5.32 Å². The van der Waals surface area contributed by atoms with Gasteiger partial charge in [0.05, 0.1) is 5.25 Å². The molecular formula is C14H19N5OS. The van der Waals surface area contributed by atoms with E-state index in [9.17, 15) is 4.79 Å². The molecule has 0 aliphatic heterocycles. The molecule has 0 radical (unpaired) electrons. The van der Waals surface area contributed by atoms with E-state index in [1.165, 1.54) is 11.8 Å². The maximum Gasteiger partial charge on any atom is 0.237 e. The van der Waals surface area contributed by atoms with Crippen molar-refractivity contribution >= 4 is 23.4 Å². The third-order valence-electron chi connectivity index (χ3n) is 3.22. The molecule has 0 saturated carbocycles. The Kier molecular flexibility index (Phi) is 4.95. The summed E-state index contributed by atoms with van der Waals surface area (Å²) in [5.41, 5.74) is 3.00. The van der Waals surface area contributed by atoms with Crippen molar-refractivity contribution in [1.82, 2.24) is 20.2 Å². The van der Waals surface area contributed by atoms with E-state index in [2.05, 4.69) is 20.8 Å². The molecular weight excluding hydrogens is 286 g/mol. The summed E-state index contributed by atoms with van der Waals surface area (Å²) in [7, 11) is 1.76. The molecule has 112 valence electrons. The van der Waals surface area contributed by atoms with E-state index < -0.39 is 0 Å². The van der Waals surface area contributed by atoms with Crippen LogP contribution in [0, 0.1) is 13.8 Å². The predicted molar refractivity (Wildman–Crippen MR) is 83.3 cm³/mol. The number of anilines is 1. The van der Waals surface area contributed by atoms with Gasteiger partial charge in [0.1, 0.15) is 0 Å². The Balaban J connectivity index is 2.12. The molecule has 1 atom stereocenters. The second-order valence-corrected chi connectivity index (χ2v) is 6.03. The second-order valence-electron chi connectivity index (χ2n) is 4.86. The van der Waals surface area contributed by atoms with E-state index in [1.54, 1.807) is 11.7 Å². The van der Waals surface area contributed by atoms with Gasteiger partial charge in [-0.05, 0) is 41.8 Å². The highest BCUT2D eigenvalue weighted by Crippen LogP contribution is 2.25. The van der Waals surface area contributed by atoms with Crippen LogP contribution in [0.1, 0.15) is 24.5 Å². The third-order valence-corrected chi connectivity index (χ3v) is 4.61. The topological polar surface area (TPSA) is 72.7 Å². The van der Waals surface area contributed by atoms with E-state index in [1.807, 2.05) is 39.0 Å². The van der Waals surface area contributed by atoms with Crippen LogP contribution in [0.25, 0.3) is 0 Å². The number of carbonyl (C=O) groups is 1. The molecule has 1 aromatic carbocycles. The lowest BCUT2D eigenvalue weighted by Crippen LogP contribution is -2.25. The number of hydrogen-bond donors (Lipinski definition) is 1. The smallest absolute Gasteiger partial charge is 0.237 e. The van der Waals surface area contributed by atoms with Crippen LogP contribution >= 0.6 is 11.8 Å². The minimum Gasteiger partial charge on any atom is -0.325 e. The van der Waals surface area contributed by atoms with Gasteiger partial charge < -0.3 is 5.32 Å². The fourth-order valence-electron chi connectivity index (χ4n) is 1.99. The first kappa shape index (κ1) is 15.5.